The Hall–Kier alpha value is -3.31. The zero-order valence-corrected chi connectivity index (χ0v) is 21.0. The van der Waals surface area contributed by atoms with E-state index in [1.54, 1.807) is 13.1 Å². The molecule has 3 aliphatic rings. The van der Waals surface area contributed by atoms with Crippen LogP contribution in [-0.4, -0.2) is 76.5 Å². The molecule has 0 unspecified atom stereocenters. The van der Waals surface area contributed by atoms with Gasteiger partial charge in [-0.15, -0.1) is 0 Å². The Kier molecular flexibility index (Phi) is 5.56. The average molecular weight is 492 g/mol. The maximum absolute atomic E-state index is 12.1. The largest absolute Gasteiger partial charge is 0.376 e. The van der Waals surface area contributed by atoms with Crippen LogP contribution in [0.25, 0.3) is 11.2 Å². The van der Waals surface area contributed by atoms with Gasteiger partial charge in [0.1, 0.15) is 11.5 Å². The van der Waals surface area contributed by atoms with Gasteiger partial charge in [-0.25, -0.2) is 15.0 Å². The van der Waals surface area contributed by atoms with Crippen LogP contribution in [0.5, 0.6) is 0 Å². The second-order valence-electron chi connectivity index (χ2n) is 10.4. The number of nitrogens with zero attached hydrogens (tertiary/aromatic N) is 6. The van der Waals surface area contributed by atoms with Crippen molar-refractivity contribution in [2.45, 2.75) is 51.2 Å². The minimum Gasteiger partial charge on any atom is -0.376 e. The minimum atomic E-state index is -0.189. The monoisotopic (exact) mass is 491 g/mol. The second-order valence-corrected chi connectivity index (χ2v) is 10.4. The molecule has 0 bridgehead atoms. The number of fused-ring (bicyclic) bond motifs is 2. The van der Waals surface area contributed by atoms with Crippen LogP contribution < -0.4 is 20.9 Å². The number of hydrogen-bond donors (Lipinski definition) is 3. The van der Waals surface area contributed by atoms with Gasteiger partial charge in [-0.1, -0.05) is 6.92 Å². The number of ether oxygens (including phenoxy) is 1. The van der Waals surface area contributed by atoms with Crippen LogP contribution >= 0.6 is 0 Å². The number of carbonyl (C=O) groups is 1. The lowest BCUT2D eigenvalue weighted by Crippen LogP contribution is -2.50. The molecule has 3 aromatic heterocycles. The van der Waals surface area contributed by atoms with E-state index in [0.29, 0.717) is 11.3 Å². The van der Waals surface area contributed by atoms with Crippen LogP contribution in [0.2, 0.25) is 0 Å². The van der Waals surface area contributed by atoms with E-state index in [1.165, 1.54) is 0 Å². The first-order valence-corrected chi connectivity index (χ1v) is 12.7. The SMILES string of the molecule is CNC(=O)c1ccc2c(n1)[C@H](C)CCN2c1n[nH]c2nc(N3CCC4(CC3)CO[C@@H](C)[C@H]4N)cnc12. The van der Waals surface area contributed by atoms with Crippen LogP contribution in [0.4, 0.5) is 17.3 Å². The fourth-order valence-electron chi connectivity index (χ4n) is 5.89. The van der Waals surface area contributed by atoms with Crippen molar-refractivity contribution in [3.63, 3.8) is 0 Å². The molecule has 0 saturated carbocycles. The average Bonchev–Trinajstić information content (AvgIpc) is 3.45. The molecule has 3 aliphatic heterocycles. The number of amides is 1. The molecular formula is C25H33N9O2. The third kappa shape index (κ3) is 3.60. The molecule has 11 heteroatoms. The van der Waals surface area contributed by atoms with Crippen LogP contribution in [-0.2, 0) is 4.74 Å². The van der Waals surface area contributed by atoms with Crippen molar-refractivity contribution >= 4 is 34.4 Å². The van der Waals surface area contributed by atoms with E-state index in [0.717, 1.165) is 74.0 Å². The Morgan fingerprint density at radius 3 is 2.75 bits per heavy atom. The first-order chi connectivity index (χ1) is 17.4. The van der Waals surface area contributed by atoms with Gasteiger partial charge in [0, 0.05) is 44.1 Å². The zero-order valence-electron chi connectivity index (χ0n) is 21.0. The number of pyridine rings is 1. The molecule has 11 nitrogen and oxygen atoms in total. The molecule has 3 aromatic rings. The lowest BCUT2D eigenvalue weighted by molar-refractivity contribution is 0.0957. The molecule has 1 spiro atoms. The summed E-state index contributed by atoms with van der Waals surface area (Å²) in [7, 11) is 1.61. The molecule has 1 amide bonds. The van der Waals surface area contributed by atoms with Crippen molar-refractivity contribution in [1.29, 1.82) is 0 Å². The first kappa shape index (κ1) is 23.1. The molecule has 3 atom stereocenters. The summed E-state index contributed by atoms with van der Waals surface area (Å²) in [5.41, 5.74) is 10.2. The number of anilines is 3. The summed E-state index contributed by atoms with van der Waals surface area (Å²) >= 11 is 0. The van der Waals surface area contributed by atoms with Crippen LogP contribution in [0, 0.1) is 5.41 Å². The maximum atomic E-state index is 12.1. The van der Waals surface area contributed by atoms with Crippen molar-refractivity contribution in [3.8, 4) is 0 Å². The number of aromatic amines is 1. The number of hydrogen-bond acceptors (Lipinski definition) is 9. The summed E-state index contributed by atoms with van der Waals surface area (Å²) in [5, 5.41) is 10.3. The number of carbonyl (C=O) groups excluding carboxylic acids is 1. The van der Waals surface area contributed by atoms with Gasteiger partial charge in [0.2, 0.25) is 0 Å². The molecule has 4 N–H and O–H groups in total. The Labute approximate surface area is 209 Å². The van der Waals surface area contributed by atoms with E-state index < -0.39 is 0 Å². The van der Waals surface area contributed by atoms with Crippen molar-refractivity contribution in [1.82, 2.24) is 30.5 Å². The molecule has 6 heterocycles. The van der Waals surface area contributed by atoms with Gasteiger partial charge < -0.3 is 25.6 Å². The third-order valence-electron chi connectivity index (χ3n) is 8.33. The molecule has 190 valence electrons. The molecule has 2 saturated heterocycles. The standard InChI is InChI=1S/C25H33N9O2/c1-14-6-9-34(17-5-4-16(24(35)27-3)29-19(14)17)23-20-22(31-32-23)30-18(12-28-20)33-10-7-25(8-11-33)13-36-15(2)21(25)26/h4-5,12,14-15,21H,6-11,13,26H2,1-3H3,(H,27,35)(H,30,31,32)/t14-,15+,21-/m1/s1. The van der Waals surface area contributed by atoms with E-state index in [2.05, 4.69) is 44.1 Å². The summed E-state index contributed by atoms with van der Waals surface area (Å²) < 4.78 is 5.86. The van der Waals surface area contributed by atoms with E-state index >= 15 is 0 Å². The molecular weight excluding hydrogens is 458 g/mol. The number of aromatic nitrogens is 5. The number of rotatable bonds is 3. The van der Waals surface area contributed by atoms with E-state index in [4.69, 9.17) is 20.4 Å². The predicted molar refractivity (Wildman–Crippen MR) is 137 cm³/mol. The lowest BCUT2D eigenvalue weighted by atomic mass is 9.73. The van der Waals surface area contributed by atoms with Crippen LogP contribution in [0.15, 0.2) is 18.3 Å². The van der Waals surface area contributed by atoms with Gasteiger partial charge in [-0.05, 0) is 38.3 Å². The second kappa shape index (κ2) is 8.67. The summed E-state index contributed by atoms with van der Waals surface area (Å²) in [4.78, 5) is 30.8. The number of H-pyrrole nitrogens is 1. The highest BCUT2D eigenvalue weighted by Crippen LogP contribution is 2.42. The van der Waals surface area contributed by atoms with Crippen molar-refractivity contribution < 1.29 is 9.53 Å². The molecule has 6 rings (SSSR count). The fraction of sp³-hybridized carbons (Fsp3) is 0.560. The molecule has 0 aliphatic carbocycles. The highest BCUT2D eigenvalue weighted by molar-refractivity contribution is 5.93. The summed E-state index contributed by atoms with van der Waals surface area (Å²) in [6, 6.07) is 3.79. The van der Waals surface area contributed by atoms with Crippen molar-refractivity contribution in [2.75, 3.05) is 43.1 Å². The fourth-order valence-corrected chi connectivity index (χ4v) is 5.89. The highest BCUT2D eigenvalue weighted by atomic mass is 16.5. The Balaban J connectivity index is 1.26. The summed E-state index contributed by atoms with van der Waals surface area (Å²) in [5.74, 6) is 1.63. The number of nitrogens with one attached hydrogen (secondary N) is 2. The Morgan fingerprint density at radius 2 is 2.03 bits per heavy atom. The topological polar surface area (TPSA) is 138 Å². The molecule has 2 fully saturated rings. The van der Waals surface area contributed by atoms with Gasteiger partial charge in [0.05, 0.1) is 30.3 Å². The number of piperidine rings is 1. The van der Waals surface area contributed by atoms with E-state index in [9.17, 15) is 4.79 Å². The maximum Gasteiger partial charge on any atom is 0.269 e. The lowest BCUT2D eigenvalue weighted by Gasteiger charge is -2.41. The zero-order chi connectivity index (χ0) is 25.0. The predicted octanol–water partition coefficient (Wildman–Crippen LogP) is 2.09. The molecule has 0 aromatic carbocycles. The Morgan fingerprint density at radius 1 is 1.22 bits per heavy atom. The van der Waals surface area contributed by atoms with Crippen molar-refractivity contribution in [3.05, 3.63) is 29.7 Å². The van der Waals surface area contributed by atoms with E-state index in [1.807, 2.05) is 12.3 Å². The third-order valence-corrected chi connectivity index (χ3v) is 8.33. The van der Waals surface area contributed by atoms with Gasteiger partial charge in [0.25, 0.3) is 5.91 Å². The summed E-state index contributed by atoms with van der Waals surface area (Å²) in [6.45, 7) is 7.49. The quantitative estimate of drug-likeness (QED) is 0.503. The molecule has 0 radical (unpaired) electrons. The van der Waals surface area contributed by atoms with Gasteiger partial charge in [-0.3, -0.25) is 9.89 Å². The van der Waals surface area contributed by atoms with Gasteiger partial charge >= 0.3 is 0 Å². The van der Waals surface area contributed by atoms with Crippen LogP contribution in [0.1, 0.15) is 55.2 Å². The van der Waals surface area contributed by atoms with Crippen molar-refractivity contribution in [2.24, 2.45) is 11.1 Å². The number of nitrogens with two attached hydrogens (primary N) is 1. The Bertz CT molecular complexity index is 1300. The molecule has 36 heavy (non-hydrogen) atoms. The normalized spacial score (nSPS) is 25.4. The van der Waals surface area contributed by atoms with Gasteiger partial charge in [-0.2, -0.15) is 5.10 Å². The minimum absolute atomic E-state index is 0.0686. The smallest absolute Gasteiger partial charge is 0.269 e. The van der Waals surface area contributed by atoms with E-state index in [-0.39, 0.29) is 29.4 Å². The first-order valence-electron chi connectivity index (χ1n) is 12.7. The highest BCUT2D eigenvalue weighted by Gasteiger charge is 2.47. The van der Waals surface area contributed by atoms with Gasteiger partial charge in [0.15, 0.2) is 17.0 Å². The van der Waals surface area contributed by atoms with Crippen LogP contribution in [0.3, 0.4) is 0 Å². The summed E-state index contributed by atoms with van der Waals surface area (Å²) in [6.07, 6.45) is 4.83.